The zero-order chi connectivity index (χ0) is 18.8. The normalized spacial score (nSPS) is 22.5. The molecule has 0 aromatic heterocycles. The number of likely N-dealkylation sites (tertiary alicyclic amines) is 3. The number of rotatable bonds is 3. The van der Waals surface area contributed by atoms with Gasteiger partial charge in [0.25, 0.3) is 11.8 Å². The van der Waals surface area contributed by atoms with Crippen molar-refractivity contribution in [2.45, 2.75) is 44.6 Å². The van der Waals surface area contributed by atoms with Gasteiger partial charge in [-0.1, -0.05) is 12.1 Å². The fourth-order valence-corrected chi connectivity index (χ4v) is 4.52. The maximum absolute atomic E-state index is 13.3. The van der Waals surface area contributed by atoms with E-state index in [9.17, 15) is 14.4 Å². The lowest BCUT2D eigenvalue weighted by Crippen LogP contribution is -2.47. The summed E-state index contributed by atoms with van der Waals surface area (Å²) >= 11 is 0. The lowest BCUT2D eigenvalue weighted by molar-refractivity contribution is -0.134. The van der Waals surface area contributed by atoms with Gasteiger partial charge in [-0.2, -0.15) is 0 Å². The summed E-state index contributed by atoms with van der Waals surface area (Å²) < 4.78 is 0. The predicted octanol–water partition coefficient (Wildman–Crippen LogP) is 2.15. The third-order valence-corrected chi connectivity index (χ3v) is 6.00. The van der Waals surface area contributed by atoms with E-state index in [2.05, 4.69) is 0 Å². The molecular weight excluding hydrogens is 342 g/mol. The first-order valence-electron chi connectivity index (χ1n) is 10.1. The zero-order valence-electron chi connectivity index (χ0n) is 15.7. The predicted molar refractivity (Wildman–Crippen MR) is 101 cm³/mol. The highest BCUT2D eigenvalue weighted by molar-refractivity contribution is 6.08. The minimum absolute atomic E-state index is 0.0710. The van der Waals surface area contributed by atoms with E-state index in [1.165, 1.54) is 0 Å². The van der Waals surface area contributed by atoms with Gasteiger partial charge in [-0.25, -0.2) is 0 Å². The molecule has 4 rings (SSSR count). The van der Waals surface area contributed by atoms with Gasteiger partial charge in [-0.3, -0.25) is 14.4 Å². The summed E-state index contributed by atoms with van der Waals surface area (Å²) in [6, 6.07) is 6.67. The molecule has 3 aliphatic heterocycles. The van der Waals surface area contributed by atoms with E-state index in [1.54, 1.807) is 29.2 Å². The second-order valence-electron chi connectivity index (χ2n) is 7.73. The Morgan fingerprint density at radius 2 is 1.26 bits per heavy atom. The van der Waals surface area contributed by atoms with Crippen LogP contribution in [0.1, 0.15) is 59.2 Å². The average Bonchev–Trinajstić information content (AvgIpc) is 3.48. The number of hydrogen-bond donors (Lipinski definition) is 0. The van der Waals surface area contributed by atoms with Crippen LogP contribution in [-0.2, 0) is 4.79 Å². The van der Waals surface area contributed by atoms with Crippen molar-refractivity contribution in [2.24, 2.45) is 0 Å². The van der Waals surface area contributed by atoms with Crippen molar-refractivity contribution in [3.05, 3.63) is 35.4 Å². The molecular formula is C21H27N3O3. The van der Waals surface area contributed by atoms with E-state index in [0.717, 1.165) is 58.3 Å². The van der Waals surface area contributed by atoms with Crippen LogP contribution in [0, 0.1) is 0 Å². The van der Waals surface area contributed by atoms with Crippen LogP contribution in [0.4, 0.5) is 0 Å². The molecule has 0 aliphatic carbocycles. The third-order valence-electron chi connectivity index (χ3n) is 6.00. The fraction of sp³-hybridized carbons (Fsp3) is 0.571. The molecule has 6 nitrogen and oxygen atoms in total. The molecule has 3 aliphatic rings. The molecule has 3 fully saturated rings. The molecule has 27 heavy (non-hydrogen) atoms. The Bertz CT molecular complexity index is 736. The molecule has 3 heterocycles. The monoisotopic (exact) mass is 369 g/mol. The van der Waals surface area contributed by atoms with E-state index >= 15 is 0 Å². The number of hydrogen-bond acceptors (Lipinski definition) is 3. The second kappa shape index (κ2) is 7.71. The molecule has 0 bridgehead atoms. The van der Waals surface area contributed by atoms with E-state index in [-0.39, 0.29) is 23.8 Å². The molecule has 0 spiro atoms. The van der Waals surface area contributed by atoms with Crippen molar-refractivity contribution < 1.29 is 14.4 Å². The van der Waals surface area contributed by atoms with Crippen molar-refractivity contribution in [3.8, 4) is 0 Å². The summed E-state index contributed by atoms with van der Waals surface area (Å²) in [6.45, 7) is 3.67. The summed E-state index contributed by atoms with van der Waals surface area (Å²) in [5, 5.41) is 0. The van der Waals surface area contributed by atoms with Crippen LogP contribution in [0.2, 0.25) is 0 Å². The molecule has 1 aromatic rings. The van der Waals surface area contributed by atoms with Crippen molar-refractivity contribution in [1.82, 2.24) is 14.7 Å². The smallest absolute Gasteiger partial charge is 0.255 e. The van der Waals surface area contributed by atoms with Gasteiger partial charge in [0, 0.05) is 32.7 Å². The summed E-state index contributed by atoms with van der Waals surface area (Å²) in [6.07, 6.45) is 5.65. The second-order valence-corrected chi connectivity index (χ2v) is 7.73. The summed E-state index contributed by atoms with van der Waals surface area (Å²) in [4.78, 5) is 44.5. The van der Waals surface area contributed by atoms with Gasteiger partial charge in [0.05, 0.1) is 11.1 Å². The summed E-state index contributed by atoms with van der Waals surface area (Å²) in [5.41, 5.74) is 0.888. The molecule has 1 atom stereocenters. The molecule has 144 valence electrons. The minimum Gasteiger partial charge on any atom is -0.341 e. The average molecular weight is 369 g/mol. The molecule has 0 radical (unpaired) electrons. The van der Waals surface area contributed by atoms with E-state index in [0.29, 0.717) is 24.1 Å². The number of carbonyl (C=O) groups is 3. The lowest BCUT2D eigenvalue weighted by Gasteiger charge is -2.28. The first kappa shape index (κ1) is 18.0. The third kappa shape index (κ3) is 3.45. The highest BCUT2D eigenvalue weighted by Gasteiger charge is 2.38. The van der Waals surface area contributed by atoms with Crippen molar-refractivity contribution in [1.29, 1.82) is 0 Å². The molecule has 0 N–H and O–H groups in total. The highest BCUT2D eigenvalue weighted by Crippen LogP contribution is 2.25. The van der Waals surface area contributed by atoms with Gasteiger partial charge in [0.2, 0.25) is 5.91 Å². The van der Waals surface area contributed by atoms with Crippen LogP contribution in [0.15, 0.2) is 24.3 Å². The minimum atomic E-state index is -0.384. The molecule has 0 unspecified atom stereocenters. The van der Waals surface area contributed by atoms with Crippen LogP contribution < -0.4 is 0 Å². The first-order valence-corrected chi connectivity index (χ1v) is 10.1. The van der Waals surface area contributed by atoms with Gasteiger partial charge in [0.1, 0.15) is 6.04 Å². The number of nitrogens with zero attached hydrogens (tertiary/aromatic N) is 3. The van der Waals surface area contributed by atoms with Gasteiger partial charge in [0.15, 0.2) is 0 Å². The van der Waals surface area contributed by atoms with Gasteiger partial charge in [-0.05, 0) is 50.7 Å². The Kier molecular flexibility index (Phi) is 5.14. The molecule has 3 amide bonds. The molecule has 3 saturated heterocycles. The zero-order valence-corrected chi connectivity index (χ0v) is 15.7. The van der Waals surface area contributed by atoms with Crippen LogP contribution >= 0.6 is 0 Å². The van der Waals surface area contributed by atoms with Crippen LogP contribution in [0.25, 0.3) is 0 Å². The largest absolute Gasteiger partial charge is 0.341 e. The Morgan fingerprint density at radius 1 is 0.704 bits per heavy atom. The van der Waals surface area contributed by atoms with Gasteiger partial charge >= 0.3 is 0 Å². The Balaban J connectivity index is 1.57. The summed E-state index contributed by atoms with van der Waals surface area (Å²) in [5.74, 6) is -0.187. The van der Waals surface area contributed by atoms with Crippen molar-refractivity contribution in [3.63, 3.8) is 0 Å². The molecule has 1 aromatic carbocycles. The maximum atomic E-state index is 13.3. The maximum Gasteiger partial charge on any atom is 0.255 e. The van der Waals surface area contributed by atoms with Crippen molar-refractivity contribution >= 4 is 17.7 Å². The molecule has 0 saturated carbocycles. The Labute approximate surface area is 160 Å². The first-order chi connectivity index (χ1) is 13.2. The van der Waals surface area contributed by atoms with Crippen LogP contribution in [-0.4, -0.2) is 71.2 Å². The van der Waals surface area contributed by atoms with E-state index in [4.69, 9.17) is 0 Å². The van der Waals surface area contributed by atoms with Crippen molar-refractivity contribution in [2.75, 3.05) is 32.7 Å². The number of carbonyl (C=O) groups excluding carboxylic acids is 3. The SMILES string of the molecule is O=C(c1ccccc1C(=O)N1CCC[C@H]1C(=O)N1CCCC1)N1CCCC1. The van der Waals surface area contributed by atoms with Crippen LogP contribution in [0.3, 0.4) is 0 Å². The summed E-state index contributed by atoms with van der Waals surface area (Å²) in [7, 11) is 0. The highest BCUT2D eigenvalue weighted by atomic mass is 16.2. The van der Waals surface area contributed by atoms with E-state index in [1.807, 2.05) is 9.80 Å². The standard InChI is InChI=1S/C21H27N3O3/c25-19(22-11-3-4-12-22)16-8-1-2-9-17(16)20(26)24-15-7-10-18(24)21(27)23-13-5-6-14-23/h1-2,8-9,18H,3-7,10-15H2/t18-/m0/s1. The Morgan fingerprint density at radius 3 is 1.89 bits per heavy atom. The Hall–Kier alpha value is -2.37. The topological polar surface area (TPSA) is 60.9 Å². The van der Waals surface area contributed by atoms with E-state index < -0.39 is 0 Å². The van der Waals surface area contributed by atoms with Gasteiger partial charge in [-0.15, -0.1) is 0 Å². The lowest BCUT2D eigenvalue weighted by atomic mass is 10.0. The quantitative estimate of drug-likeness (QED) is 0.820. The van der Waals surface area contributed by atoms with Crippen LogP contribution in [0.5, 0.6) is 0 Å². The van der Waals surface area contributed by atoms with Gasteiger partial charge < -0.3 is 14.7 Å². The number of amides is 3. The molecule has 6 heteroatoms. The fourth-order valence-electron chi connectivity index (χ4n) is 4.52. The number of benzene rings is 1.